The van der Waals surface area contributed by atoms with Crippen molar-refractivity contribution in [1.82, 2.24) is 5.32 Å². The van der Waals surface area contributed by atoms with Crippen molar-refractivity contribution in [2.75, 3.05) is 6.79 Å². The van der Waals surface area contributed by atoms with Gasteiger partial charge in [0.25, 0.3) is 5.91 Å². The molecule has 3 aromatic rings. The second-order valence-corrected chi connectivity index (χ2v) is 6.32. The van der Waals surface area contributed by atoms with Gasteiger partial charge in [-0.3, -0.25) is 4.79 Å². The number of rotatable bonds is 4. The minimum absolute atomic E-state index is 0.100. The smallest absolute Gasteiger partial charge is 0.251 e. The summed E-state index contributed by atoms with van der Waals surface area (Å²) in [6, 6.07) is 21.6. The Balaban J connectivity index is 1.46. The lowest BCUT2D eigenvalue weighted by molar-refractivity contribution is 0.0951. The van der Waals surface area contributed by atoms with Crippen molar-refractivity contribution >= 4 is 5.91 Å². The maximum atomic E-state index is 12.5. The highest BCUT2D eigenvalue weighted by Crippen LogP contribution is 2.32. The first-order valence-corrected chi connectivity index (χ1v) is 8.53. The van der Waals surface area contributed by atoms with E-state index >= 15 is 0 Å². The fourth-order valence-corrected chi connectivity index (χ4v) is 2.92. The molecule has 4 heteroatoms. The van der Waals surface area contributed by atoms with Crippen LogP contribution >= 0.6 is 0 Å². The average molecular weight is 345 g/mol. The van der Waals surface area contributed by atoms with Gasteiger partial charge in [0.1, 0.15) is 0 Å². The minimum Gasteiger partial charge on any atom is -0.454 e. The highest BCUT2D eigenvalue weighted by molar-refractivity contribution is 5.95. The second-order valence-electron chi connectivity index (χ2n) is 6.32. The molecule has 3 aromatic carbocycles. The van der Waals surface area contributed by atoms with Crippen LogP contribution in [0.15, 0.2) is 66.7 Å². The molecule has 0 radical (unpaired) electrons. The SMILES string of the molecule is Cc1ccc(-c2cccc(C(=O)NCc3ccc4c(c3)OCO4)c2)cc1. The van der Waals surface area contributed by atoms with Gasteiger partial charge in [0.05, 0.1) is 0 Å². The minimum atomic E-state index is -0.100. The van der Waals surface area contributed by atoms with Crippen LogP contribution in [0, 0.1) is 6.92 Å². The molecule has 26 heavy (non-hydrogen) atoms. The standard InChI is InChI=1S/C22H19NO3/c1-15-5-8-17(9-6-15)18-3-2-4-19(12-18)22(24)23-13-16-7-10-20-21(11-16)26-14-25-20/h2-12H,13-14H2,1H3,(H,23,24). The maximum Gasteiger partial charge on any atom is 0.251 e. The van der Waals surface area contributed by atoms with Gasteiger partial charge in [-0.1, -0.05) is 48.0 Å². The number of benzene rings is 3. The quantitative estimate of drug-likeness (QED) is 0.766. The van der Waals surface area contributed by atoms with Crippen molar-refractivity contribution in [3.63, 3.8) is 0 Å². The molecule has 0 spiro atoms. The van der Waals surface area contributed by atoms with Gasteiger partial charge < -0.3 is 14.8 Å². The molecular weight excluding hydrogens is 326 g/mol. The topological polar surface area (TPSA) is 47.6 Å². The Bertz CT molecular complexity index is 948. The highest BCUT2D eigenvalue weighted by Gasteiger charge is 2.14. The molecule has 0 bridgehead atoms. The summed E-state index contributed by atoms with van der Waals surface area (Å²) in [5.41, 5.74) is 4.95. The number of carbonyl (C=O) groups excluding carboxylic acids is 1. The number of ether oxygens (including phenoxy) is 2. The number of aryl methyl sites for hydroxylation is 1. The summed E-state index contributed by atoms with van der Waals surface area (Å²) in [4.78, 5) is 12.5. The Labute approximate surface area is 152 Å². The number of nitrogens with one attached hydrogen (secondary N) is 1. The molecule has 0 saturated carbocycles. The van der Waals surface area contributed by atoms with E-state index in [-0.39, 0.29) is 12.7 Å². The predicted octanol–water partition coefficient (Wildman–Crippen LogP) is 4.32. The zero-order chi connectivity index (χ0) is 17.9. The molecule has 1 aliphatic heterocycles. The molecule has 0 fully saturated rings. The Morgan fingerprint density at radius 3 is 2.58 bits per heavy atom. The Morgan fingerprint density at radius 2 is 1.73 bits per heavy atom. The van der Waals surface area contributed by atoms with Crippen LogP contribution in [0.4, 0.5) is 0 Å². The first-order chi connectivity index (χ1) is 12.7. The maximum absolute atomic E-state index is 12.5. The number of hydrogen-bond donors (Lipinski definition) is 1. The van der Waals surface area contributed by atoms with Crippen molar-refractivity contribution in [2.45, 2.75) is 13.5 Å². The zero-order valence-electron chi connectivity index (χ0n) is 14.5. The summed E-state index contributed by atoms with van der Waals surface area (Å²) in [6.45, 7) is 2.74. The van der Waals surface area contributed by atoms with Crippen molar-refractivity contribution in [3.05, 3.63) is 83.4 Å². The van der Waals surface area contributed by atoms with E-state index < -0.39 is 0 Å². The van der Waals surface area contributed by atoms with Crippen LogP contribution < -0.4 is 14.8 Å². The molecule has 1 aliphatic rings. The second kappa shape index (κ2) is 6.92. The normalized spacial score (nSPS) is 12.0. The van der Waals surface area contributed by atoms with Crippen molar-refractivity contribution in [3.8, 4) is 22.6 Å². The monoisotopic (exact) mass is 345 g/mol. The number of hydrogen-bond acceptors (Lipinski definition) is 3. The van der Waals surface area contributed by atoms with E-state index in [2.05, 4.69) is 36.5 Å². The van der Waals surface area contributed by atoms with Crippen LogP contribution in [0.1, 0.15) is 21.5 Å². The molecule has 4 nitrogen and oxygen atoms in total. The third kappa shape index (κ3) is 3.40. The van der Waals surface area contributed by atoms with Crippen LogP contribution in [0.5, 0.6) is 11.5 Å². The molecule has 0 unspecified atom stereocenters. The molecule has 1 N–H and O–H groups in total. The van der Waals surface area contributed by atoms with Crippen molar-refractivity contribution in [2.24, 2.45) is 0 Å². The summed E-state index contributed by atoms with van der Waals surface area (Å²) in [5, 5.41) is 2.96. The predicted molar refractivity (Wildman–Crippen MR) is 100 cm³/mol. The lowest BCUT2D eigenvalue weighted by atomic mass is 10.0. The lowest BCUT2D eigenvalue weighted by Gasteiger charge is -2.08. The third-order valence-electron chi connectivity index (χ3n) is 4.40. The van der Waals surface area contributed by atoms with Crippen molar-refractivity contribution < 1.29 is 14.3 Å². The summed E-state index contributed by atoms with van der Waals surface area (Å²) in [5.74, 6) is 1.36. The molecular formula is C22H19NO3. The number of fused-ring (bicyclic) bond motifs is 1. The molecule has 1 amide bonds. The van der Waals surface area contributed by atoms with Gasteiger partial charge in [0, 0.05) is 12.1 Å². The van der Waals surface area contributed by atoms with Gasteiger partial charge in [-0.25, -0.2) is 0 Å². The van der Waals surface area contributed by atoms with Crippen LogP contribution in [0.3, 0.4) is 0 Å². The van der Waals surface area contributed by atoms with Crippen LogP contribution in [0.25, 0.3) is 11.1 Å². The van der Waals surface area contributed by atoms with Gasteiger partial charge in [-0.05, 0) is 47.9 Å². The van der Waals surface area contributed by atoms with Gasteiger partial charge in [0.2, 0.25) is 6.79 Å². The first-order valence-electron chi connectivity index (χ1n) is 8.53. The van der Waals surface area contributed by atoms with E-state index in [1.54, 1.807) is 0 Å². The summed E-state index contributed by atoms with van der Waals surface area (Å²) >= 11 is 0. The molecule has 0 atom stereocenters. The summed E-state index contributed by atoms with van der Waals surface area (Å²) in [6.07, 6.45) is 0. The van der Waals surface area contributed by atoms with Crippen LogP contribution in [-0.2, 0) is 6.54 Å². The van der Waals surface area contributed by atoms with Gasteiger partial charge in [-0.15, -0.1) is 0 Å². The van der Waals surface area contributed by atoms with E-state index in [0.29, 0.717) is 12.1 Å². The molecule has 4 rings (SSSR count). The van der Waals surface area contributed by atoms with Gasteiger partial charge >= 0.3 is 0 Å². The zero-order valence-corrected chi connectivity index (χ0v) is 14.5. The van der Waals surface area contributed by atoms with E-state index in [1.807, 2.05) is 42.5 Å². The lowest BCUT2D eigenvalue weighted by Crippen LogP contribution is -2.22. The van der Waals surface area contributed by atoms with Crippen molar-refractivity contribution in [1.29, 1.82) is 0 Å². The van der Waals surface area contributed by atoms with E-state index in [0.717, 1.165) is 28.2 Å². The summed E-state index contributed by atoms with van der Waals surface area (Å²) < 4.78 is 10.7. The fraction of sp³-hybridized carbons (Fsp3) is 0.136. The Morgan fingerprint density at radius 1 is 0.923 bits per heavy atom. The van der Waals surface area contributed by atoms with E-state index in [1.165, 1.54) is 5.56 Å². The average Bonchev–Trinajstić information content (AvgIpc) is 3.14. The molecule has 0 aliphatic carbocycles. The number of amides is 1. The molecule has 0 saturated heterocycles. The molecule has 0 aromatic heterocycles. The third-order valence-corrected chi connectivity index (χ3v) is 4.40. The van der Waals surface area contributed by atoms with E-state index in [9.17, 15) is 4.79 Å². The fourth-order valence-electron chi connectivity index (χ4n) is 2.92. The first kappa shape index (κ1) is 16.2. The van der Waals surface area contributed by atoms with Gasteiger partial charge in [0.15, 0.2) is 11.5 Å². The highest BCUT2D eigenvalue weighted by atomic mass is 16.7. The largest absolute Gasteiger partial charge is 0.454 e. The summed E-state index contributed by atoms with van der Waals surface area (Å²) in [7, 11) is 0. The Kier molecular flexibility index (Phi) is 4.32. The van der Waals surface area contributed by atoms with Gasteiger partial charge in [-0.2, -0.15) is 0 Å². The molecule has 1 heterocycles. The Hall–Kier alpha value is -3.27. The number of carbonyl (C=O) groups is 1. The van der Waals surface area contributed by atoms with Crippen LogP contribution in [0.2, 0.25) is 0 Å². The van der Waals surface area contributed by atoms with Crippen LogP contribution in [-0.4, -0.2) is 12.7 Å². The van der Waals surface area contributed by atoms with E-state index in [4.69, 9.17) is 9.47 Å². The molecule has 130 valence electrons.